The number of halogens is 1. The van der Waals surface area contributed by atoms with Crippen LogP contribution in [-0.2, 0) is 0 Å². The van der Waals surface area contributed by atoms with E-state index in [9.17, 15) is 14.0 Å². The van der Waals surface area contributed by atoms with Crippen LogP contribution in [0.25, 0.3) is 0 Å². The van der Waals surface area contributed by atoms with Crippen LogP contribution in [0.1, 0.15) is 26.3 Å². The fourth-order valence-electron chi connectivity index (χ4n) is 2.38. The molecule has 1 amide bonds. The van der Waals surface area contributed by atoms with Gasteiger partial charge in [0.05, 0.1) is 18.9 Å². The third kappa shape index (κ3) is 5.49. The van der Waals surface area contributed by atoms with Crippen molar-refractivity contribution in [1.82, 2.24) is 5.43 Å². The molecule has 1 N–H and O–H groups in total. The number of hydrogen-bond donors (Lipinski definition) is 1. The standard InChI is InChI=1S/C22H17FN2O4/c1-28-19-11-7-17(8-12-19)22(27)29-20-4-2-3-15(13-20)14-24-25-21(26)16-5-9-18(23)10-6-16/h2-14H,1H3,(H,25,26)/b24-14+. The summed E-state index contributed by atoms with van der Waals surface area (Å²) in [6, 6.07) is 18.3. The number of rotatable bonds is 6. The quantitative estimate of drug-likeness (QED) is 0.299. The summed E-state index contributed by atoms with van der Waals surface area (Å²) in [5.74, 6) is -0.428. The Morgan fingerprint density at radius 1 is 0.931 bits per heavy atom. The maximum Gasteiger partial charge on any atom is 0.343 e. The molecule has 0 aromatic heterocycles. The van der Waals surface area contributed by atoms with Crippen LogP contribution in [0.2, 0.25) is 0 Å². The van der Waals surface area contributed by atoms with E-state index in [-0.39, 0.29) is 5.56 Å². The Kier molecular flexibility index (Phi) is 6.32. The Labute approximate surface area is 166 Å². The van der Waals surface area contributed by atoms with Crippen molar-refractivity contribution < 1.29 is 23.5 Å². The molecule has 0 aliphatic heterocycles. The van der Waals surface area contributed by atoms with Crippen LogP contribution in [-0.4, -0.2) is 25.2 Å². The van der Waals surface area contributed by atoms with Crippen molar-refractivity contribution >= 4 is 18.1 Å². The highest BCUT2D eigenvalue weighted by Gasteiger charge is 2.09. The van der Waals surface area contributed by atoms with Crippen LogP contribution >= 0.6 is 0 Å². The second-order valence-corrected chi connectivity index (χ2v) is 5.90. The summed E-state index contributed by atoms with van der Waals surface area (Å²) in [5, 5.41) is 3.87. The lowest BCUT2D eigenvalue weighted by molar-refractivity contribution is 0.0734. The first-order valence-corrected chi connectivity index (χ1v) is 8.60. The van der Waals surface area contributed by atoms with Gasteiger partial charge in [-0.15, -0.1) is 0 Å². The Morgan fingerprint density at radius 2 is 1.62 bits per heavy atom. The number of hydrazone groups is 1. The average molecular weight is 392 g/mol. The molecule has 0 saturated carbocycles. The van der Waals surface area contributed by atoms with E-state index in [0.717, 1.165) is 0 Å². The van der Waals surface area contributed by atoms with Gasteiger partial charge in [0.25, 0.3) is 5.91 Å². The lowest BCUT2D eigenvalue weighted by Gasteiger charge is -2.06. The van der Waals surface area contributed by atoms with Crippen molar-refractivity contribution in [2.24, 2.45) is 5.10 Å². The van der Waals surface area contributed by atoms with E-state index in [1.54, 1.807) is 55.6 Å². The molecule has 3 rings (SSSR count). The molecule has 0 fully saturated rings. The normalized spacial score (nSPS) is 10.6. The molecule has 3 aromatic carbocycles. The topological polar surface area (TPSA) is 77.0 Å². The van der Waals surface area contributed by atoms with Crippen LogP contribution in [0.3, 0.4) is 0 Å². The van der Waals surface area contributed by atoms with Gasteiger partial charge in [-0.2, -0.15) is 5.10 Å². The first-order chi connectivity index (χ1) is 14.0. The van der Waals surface area contributed by atoms with Crippen LogP contribution < -0.4 is 14.9 Å². The minimum Gasteiger partial charge on any atom is -0.497 e. The second kappa shape index (κ2) is 9.27. The number of nitrogens with one attached hydrogen (secondary N) is 1. The highest BCUT2D eigenvalue weighted by molar-refractivity contribution is 5.95. The Bertz CT molecular complexity index is 1030. The third-order valence-electron chi connectivity index (χ3n) is 3.88. The summed E-state index contributed by atoms with van der Waals surface area (Å²) >= 11 is 0. The van der Waals surface area contributed by atoms with Gasteiger partial charge in [-0.3, -0.25) is 4.79 Å². The van der Waals surface area contributed by atoms with Gasteiger partial charge in [-0.25, -0.2) is 14.6 Å². The minimum atomic E-state index is -0.508. The first-order valence-electron chi connectivity index (χ1n) is 8.60. The fraction of sp³-hybridized carbons (Fsp3) is 0.0455. The van der Waals surface area contributed by atoms with Crippen LogP contribution in [0.5, 0.6) is 11.5 Å². The summed E-state index contributed by atoms with van der Waals surface area (Å²) in [7, 11) is 1.54. The van der Waals surface area contributed by atoms with Gasteiger partial charge in [-0.1, -0.05) is 12.1 Å². The van der Waals surface area contributed by atoms with E-state index in [0.29, 0.717) is 22.6 Å². The molecule has 0 aliphatic carbocycles. The molecule has 0 spiro atoms. The van der Waals surface area contributed by atoms with E-state index in [4.69, 9.17) is 9.47 Å². The number of methoxy groups -OCH3 is 1. The monoisotopic (exact) mass is 392 g/mol. The zero-order valence-electron chi connectivity index (χ0n) is 15.5. The Morgan fingerprint density at radius 3 is 2.31 bits per heavy atom. The van der Waals surface area contributed by atoms with Crippen LogP contribution in [0, 0.1) is 5.82 Å². The van der Waals surface area contributed by atoms with Gasteiger partial charge < -0.3 is 9.47 Å². The number of nitrogens with zero attached hydrogens (tertiary/aromatic N) is 1. The maximum absolute atomic E-state index is 12.9. The largest absolute Gasteiger partial charge is 0.497 e. The number of carbonyl (C=O) groups excluding carboxylic acids is 2. The minimum absolute atomic E-state index is 0.283. The summed E-state index contributed by atoms with van der Waals surface area (Å²) in [6.07, 6.45) is 1.41. The lowest BCUT2D eigenvalue weighted by atomic mass is 10.2. The average Bonchev–Trinajstić information content (AvgIpc) is 2.74. The van der Waals surface area contributed by atoms with Crippen LogP contribution in [0.15, 0.2) is 77.9 Å². The van der Waals surface area contributed by atoms with Gasteiger partial charge in [-0.05, 0) is 66.2 Å². The van der Waals surface area contributed by atoms with Gasteiger partial charge in [0.2, 0.25) is 0 Å². The molecule has 0 heterocycles. The first kappa shape index (κ1) is 19.8. The number of hydrogen-bond acceptors (Lipinski definition) is 5. The molecule has 0 bridgehead atoms. The van der Waals surface area contributed by atoms with E-state index in [1.165, 1.54) is 30.5 Å². The molecule has 7 heteroatoms. The lowest BCUT2D eigenvalue weighted by Crippen LogP contribution is -2.17. The number of ether oxygens (including phenoxy) is 2. The van der Waals surface area contributed by atoms with E-state index >= 15 is 0 Å². The van der Waals surface area contributed by atoms with E-state index in [2.05, 4.69) is 10.5 Å². The SMILES string of the molecule is COc1ccc(C(=O)Oc2cccc(/C=N/NC(=O)c3ccc(F)cc3)c2)cc1. The molecular weight excluding hydrogens is 375 g/mol. The predicted octanol–water partition coefficient (Wildman–Crippen LogP) is 3.82. The molecule has 6 nitrogen and oxygen atoms in total. The Hall–Kier alpha value is -4.00. The molecule has 0 atom stereocenters. The molecule has 3 aromatic rings. The van der Waals surface area contributed by atoms with Crippen molar-refractivity contribution in [3.8, 4) is 11.5 Å². The fourth-order valence-corrected chi connectivity index (χ4v) is 2.38. The van der Waals surface area contributed by atoms with E-state index in [1.807, 2.05) is 0 Å². The van der Waals surface area contributed by atoms with E-state index < -0.39 is 17.7 Å². The van der Waals surface area contributed by atoms with Gasteiger partial charge >= 0.3 is 5.97 Å². The third-order valence-corrected chi connectivity index (χ3v) is 3.88. The number of benzene rings is 3. The molecule has 146 valence electrons. The summed E-state index contributed by atoms with van der Waals surface area (Å²) in [4.78, 5) is 24.2. The number of esters is 1. The molecule has 0 radical (unpaired) electrons. The summed E-state index contributed by atoms with van der Waals surface area (Å²) in [6.45, 7) is 0. The van der Waals surface area contributed by atoms with Gasteiger partial charge in [0, 0.05) is 5.56 Å². The smallest absolute Gasteiger partial charge is 0.343 e. The highest BCUT2D eigenvalue weighted by atomic mass is 19.1. The maximum atomic E-state index is 12.9. The molecule has 0 unspecified atom stereocenters. The predicted molar refractivity (Wildman–Crippen MR) is 106 cm³/mol. The van der Waals surface area contributed by atoms with Crippen molar-refractivity contribution in [2.45, 2.75) is 0 Å². The molecule has 0 saturated heterocycles. The van der Waals surface area contributed by atoms with Crippen molar-refractivity contribution in [3.05, 3.63) is 95.3 Å². The second-order valence-electron chi connectivity index (χ2n) is 5.90. The van der Waals surface area contributed by atoms with Crippen molar-refractivity contribution in [3.63, 3.8) is 0 Å². The highest BCUT2D eigenvalue weighted by Crippen LogP contribution is 2.16. The summed E-state index contributed by atoms with van der Waals surface area (Å²) in [5.41, 5.74) is 3.64. The number of carbonyl (C=O) groups is 2. The van der Waals surface area contributed by atoms with Gasteiger partial charge in [0.1, 0.15) is 17.3 Å². The zero-order chi connectivity index (χ0) is 20.6. The Balaban J connectivity index is 1.61. The molecule has 29 heavy (non-hydrogen) atoms. The summed E-state index contributed by atoms with van der Waals surface area (Å²) < 4.78 is 23.3. The van der Waals surface area contributed by atoms with Crippen molar-refractivity contribution in [2.75, 3.05) is 7.11 Å². The number of amides is 1. The van der Waals surface area contributed by atoms with Crippen molar-refractivity contribution in [1.29, 1.82) is 0 Å². The molecular formula is C22H17FN2O4. The van der Waals surface area contributed by atoms with Gasteiger partial charge in [0.15, 0.2) is 0 Å². The van der Waals surface area contributed by atoms with Crippen LogP contribution in [0.4, 0.5) is 4.39 Å². The molecule has 0 aliphatic rings. The zero-order valence-corrected chi connectivity index (χ0v) is 15.5.